The molecule has 1 aromatic rings. The number of nitrogens with zero attached hydrogens (tertiary/aromatic N) is 3. The Morgan fingerprint density at radius 3 is 2.78 bits per heavy atom. The van der Waals surface area contributed by atoms with Gasteiger partial charge in [0.1, 0.15) is 0 Å². The minimum atomic E-state index is 0.665. The second-order valence-corrected chi connectivity index (χ2v) is 4.87. The zero-order valence-electron chi connectivity index (χ0n) is 11.2. The molecule has 0 saturated heterocycles. The number of rotatable bonds is 9. The van der Waals surface area contributed by atoms with Crippen molar-refractivity contribution in [1.29, 1.82) is 0 Å². The van der Waals surface area contributed by atoms with Crippen molar-refractivity contribution in [3.63, 3.8) is 0 Å². The van der Waals surface area contributed by atoms with Crippen LogP contribution in [0.4, 0.5) is 5.95 Å². The normalized spacial score (nSPS) is 10.4. The maximum atomic E-state index is 5.54. The molecule has 1 aromatic heterocycles. The van der Waals surface area contributed by atoms with Crippen molar-refractivity contribution < 1.29 is 4.74 Å². The number of anilines is 1. The van der Waals surface area contributed by atoms with Crippen LogP contribution in [-0.4, -0.2) is 35.0 Å². The van der Waals surface area contributed by atoms with Crippen LogP contribution in [0.5, 0.6) is 5.88 Å². The average molecular weight is 316 g/mol. The molecule has 0 spiro atoms. The van der Waals surface area contributed by atoms with E-state index in [-0.39, 0.29) is 0 Å². The lowest BCUT2D eigenvalue weighted by Crippen LogP contribution is -2.28. The standard InChI is InChI=1S/C13H22BrN3O/c1-3-5-9-17(10-7-14)13-15-8-6-12(16-13)18-11-4-2/h6,8H,3-5,7,9-11H2,1-2H3. The summed E-state index contributed by atoms with van der Waals surface area (Å²) in [6, 6.07) is 1.81. The van der Waals surface area contributed by atoms with Gasteiger partial charge in [0.25, 0.3) is 0 Å². The molecule has 0 atom stereocenters. The van der Waals surface area contributed by atoms with Gasteiger partial charge in [0.2, 0.25) is 11.8 Å². The van der Waals surface area contributed by atoms with E-state index < -0.39 is 0 Å². The highest BCUT2D eigenvalue weighted by Gasteiger charge is 2.09. The SMILES string of the molecule is CCCCN(CCBr)c1nccc(OCCC)n1. The lowest BCUT2D eigenvalue weighted by Gasteiger charge is -2.21. The van der Waals surface area contributed by atoms with E-state index in [2.05, 4.69) is 44.6 Å². The van der Waals surface area contributed by atoms with Crippen molar-refractivity contribution in [1.82, 2.24) is 9.97 Å². The lowest BCUT2D eigenvalue weighted by molar-refractivity contribution is 0.304. The Morgan fingerprint density at radius 2 is 2.11 bits per heavy atom. The fourth-order valence-corrected chi connectivity index (χ4v) is 1.96. The molecule has 0 bridgehead atoms. The second-order valence-electron chi connectivity index (χ2n) is 4.07. The molecular formula is C13H22BrN3O. The molecule has 0 aromatic carbocycles. The molecule has 0 aliphatic rings. The van der Waals surface area contributed by atoms with Crippen LogP contribution in [0, 0.1) is 0 Å². The maximum Gasteiger partial charge on any atom is 0.228 e. The van der Waals surface area contributed by atoms with Crippen LogP contribution in [0.3, 0.4) is 0 Å². The van der Waals surface area contributed by atoms with Gasteiger partial charge in [-0.25, -0.2) is 4.98 Å². The summed E-state index contributed by atoms with van der Waals surface area (Å²) in [5.41, 5.74) is 0. The molecular weight excluding hydrogens is 294 g/mol. The van der Waals surface area contributed by atoms with Gasteiger partial charge in [-0.2, -0.15) is 4.98 Å². The average Bonchev–Trinajstić information content (AvgIpc) is 2.41. The van der Waals surface area contributed by atoms with Gasteiger partial charge in [0.05, 0.1) is 6.61 Å². The zero-order valence-corrected chi connectivity index (χ0v) is 12.8. The number of unbranched alkanes of at least 4 members (excludes halogenated alkanes) is 1. The number of hydrogen-bond donors (Lipinski definition) is 0. The van der Waals surface area contributed by atoms with Gasteiger partial charge in [-0.15, -0.1) is 0 Å². The highest BCUT2D eigenvalue weighted by molar-refractivity contribution is 9.09. The van der Waals surface area contributed by atoms with Crippen LogP contribution in [0.2, 0.25) is 0 Å². The van der Waals surface area contributed by atoms with E-state index in [0.717, 1.165) is 37.2 Å². The number of hydrogen-bond acceptors (Lipinski definition) is 4. The van der Waals surface area contributed by atoms with E-state index in [1.54, 1.807) is 6.20 Å². The van der Waals surface area contributed by atoms with E-state index >= 15 is 0 Å². The van der Waals surface area contributed by atoms with E-state index in [1.807, 2.05) is 6.07 Å². The largest absolute Gasteiger partial charge is 0.478 e. The predicted octanol–water partition coefficient (Wildman–Crippen LogP) is 3.27. The molecule has 5 heteroatoms. The van der Waals surface area contributed by atoms with Crippen molar-refractivity contribution in [3.8, 4) is 5.88 Å². The summed E-state index contributed by atoms with van der Waals surface area (Å²) in [5.74, 6) is 1.43. The van der Waals surface area contributed by atoms with Crippen LogP contribution in [0.25, 0.3) is 0 Å². The third-order valence-corrected chi connectivity index (χ3v) is 2.84. The minimum absolute atomic E-state index is 0.665. The van der Waals surface area contributed by atoms with Crippen LogP contribution < -0.4 is 9.64 Å². The van der Waals surface area contributed by atoms with Crippen molar-refractivity contribution in [3.05, 3.63) is 12.3 Å². The van der Waals surface area contributed by atoms with E-state index in [9.17, 15) is 0 Å². The second kappa shape index (κ2) is 9.14. The third kappa shape index (κ3) is 5.21. The van der Waals surface area contributed by atoms with Crippen LogP contribution >= 0.6 is 15.9 Å². The first-order valence-corrected chi connectivity index (χ1v) is 7.70. The van der Waals surface area contributed by atoms with Gasteiger partial charge >= 0.3 is 0 Å². The van der Waals surface area contributed by atoms with Crippen LogP contribution in [0.15, 0.2) is 12.3 Å². The zero-order chi connectivity index (χ0) is 13.2. The smallest absolute Gasteiger partial charge is 0.228 e. The first kappa shape index (κ1) is 15.2. The number of aromatic nitrogens is 2. The quantitative estimate of drug-likeness (QED) is 0.656. The Morgan fingerprint density at radius 1 is 1.28 bits per heavy atom. The summed E-state index contributed by atoms with van der Waals surface area (Å²) in [6.45, 7) is 6.87. The molecule has 0 amide bonds. The molecule has 1 rings (SSSR count). The van der Waals surface area contributed by atoms with Gasteiger partial charge < -0.3 is 9.64 Å². The predicted molar refractivity (Wildman–Crippen MR) is 78.7 cm³/mol. The first-order chi connectivity index (χ1) is 8.81. The minimum Gasteiger partial charge on any atom is -0.478 e. The molecule has 0 radical (unpaired) electrons. The van der Waals surface area contributed by atoms with Crippen molar-refractivity contribution in [2.24, 2.45) is 0 Å². The summed E-state index contributed by atoms with van der Waals surface area (Å²) in [4.78, 5) is 11.0. The topological polar surface area (TPSA) is 38.2 Å². The molecule has 1 heterocycles. The van der Waals surface area contributed by atoms with Crippen LogP contribution in [0.1, 0.15) is 33.1 Å². The van der Waals surface area contributed by atoms with Crippen molar-refractivity contribution in [2.75, 3.05) is 29.9 Å². The number of alkyl halides is 1. The Labute approximate surface area is 118 Å². The molecule has 0 aliphatic heterocycles. The Hall–Kier alpha value is -0.840. The van der Waals surface area contributed by atoms with Crippen molar-refractivity contribution in [2.45, 2.75) is 33.1 Å². The van der Waals surface area contributed by atoms with Gasteiger partial charge in [0.15, 0.2) is 0 Å². The first-order valence-electron chi connectivity index (χ1n) is 6.58. The molecule has 102 valence electrons. The summed E-state index contributed by atoms with van der Waals surface area (Å²) >= 11 is 3.47. The summed E-state index contributed by atoms with van der Waals surface area (Å²) in [7, 11) is 0. The van der Waals surface area contributed by atoms with Gasteiger partial charge in [-0.3, -0.25) is 0 Å². The van der Waals surface area contributed by atoms with E-state index in [1.165, 1.54) is 6.42 Å². The molecule has 0 N–H and O–H groups in total. The van der Waals surface area contributed by atoms with Gasteiger partial charge in [-0.05, 0) is 12.8 Å². The lowest BCUT2D eigenvalue weighted by atomic mass is 10.3. The highest BCUT2D eigenvalue weighted by atomic mass is 79.9. The molecule has 0 aliphatic carbocycles. The summed E-state index contributed by atoms with van der Waals surface area (Å²) in [5, 5.41) is 0.917. The maximum absolute atomic E-state index is 5.54. The Kier molecular flexibility index (Phi) is 7.73. The number of halogens is 1. The van der Waals surface area contributed by atoms with E-state index in [0.29, 0.717) is 12.5 Å². The van der Waals surface area contributed by atoms with Gasteiger partial charge in [-0.1, -0.05) is 36.2 Å². The van der Waals surface area contributed by atoms with Gasteiger partial charge in [0, 0.05) is 30.7 Å². The van der Waals surface area contributed by atoms with Crippen LogP contribution in [-0.2, 0) is 0 Å². The molecule has 0 fully saturated rings. The Bertz CT molecular complexity index is 336. The molecule has 18 heavy (non-hydrogen) atoms. The number of ether oxygens (including phenoxy) is 1. The Balaban J connectivity index is 2.70. The van der Waals surface area contributed by atoms with E-state index in [4.69, 9.17) is 4.74 Å². The highest BCUT2D eigenvalue weighted by Crippen LogP contribution is 2.14. The van der Waals surface area contributed by atoms with Crippen molar-refractivity contribution >= 4 is 21.9 Å². The third-order valence-electron chi connectivity index (χ3n) is 2.49. The monoisotopic (exact) mass is 315 g/mol. The summed E-state index contributed by atoms with van der Waals surface area (Å²) in [6.07, 6.45) is 5.07. The molecule has 0 saturated carbocycles. The molecule has 0 unspecified atom stereocenters. The fraction of sp³-hybridized carbons (Fsp3) is 0.692. The summed E-state index contributed by atoms with van der Waals surface area (Å²) < 4.78 is 5.54. The molecule has 4 nitrogen and oxygen atoms in total. The fourth-order valence-electron chi connectivity index (χ4n) is 1.53.